The molecule has 0 spiro atoms. The zero-order chi connectivity index (χ0) is 13.3. The number of rotatable bonds is 4. The summed E-state index contributed by atoms with van der Waals surface area (Å²) in [7, 11) is -3.52. The first-order valence-corrected chi connectivity index (χ1v) is 8.10. The molecule has 1 saturated carbocycles. The SMILES string of the molecule is NC(=O)C(c1ccc(Br)cc1)S(=O)(=O)C1CCC1. The number of halogens is 1. The normalized spacial score (nSPS) is 18.1. The number of benzene rings is 1. The Morgan fingerprint density at radius 2 is 1.83 bits per heavy atom. The van der Waals surface area contributed by atoms with Crippen LogP contribution in [0.25, 0.3) is 0 Å². The molecule has 0 bridgehead atoms. The number of primary amides is 1. The third kappa shape index (κ3) is 2.44. The van der Waals surface area contributed by atoms with Crippen molar-refractivity contribution in [1.82, 2.24) is 0 Å². The molecule has 4 nitrogen and oxygen atoms in total. The van der Waals surface area contributed by atoms with Crippen molar-refractivity contribution in [1.29, 1.82) is 0 Å². The van der Waals surface area contributed by atoms with E-state index in [1.165, 1.54) is 0 Å². The number of amides is 1. The number of hydrogen-bond acceptors (Lipinski definition) is 3. The molecule has 1 aromatic rings. The molecular formula is C12H14BrNO3S. The zero-order valence-electron chi connectivity index (χ0n) is 9.67. The predicted molar refractivity (Wildman–Crippen MR) is 72.6 cm³/mol. The molecule has 2 rings (SSSR count). The smallest absolute Gasteiger partial charge is 0.240 e. The molecule has 0 radical (unpaired) electrons. The van der Waals surface area contributed by atoms with E-state index in [0.717, 1.165) is 10.9 Å². The van der Waals surface area contributed by atoms with E-state index in [2.05, 4.69) is 15.9 Å². The summed E-state index contributed by atoms with van der Waals surface area (Å²) >= 11 is 3.27. The van der Waals surface area contributed by atoms with Gasteiger partial charge in [0, 0.05) is 4.47 Å². The molecule has 0 saturated heterocycles. The van der Waals surface area contributed by atoms with Gasteiger partial charge in [-0.25, -0.2) is 8.42 Å². The summed E-state index contributed by atoms with van der Waals surface area (Å²) in [5.74, 6) is -0.802. The van der Waals surface area contributed by atoms with Crippen LogP contribution in [0, 0.1) is 0 Å². The highest BCUT2D eigenvalue weighted by Crippen LogP contribution is 2.35. The van der Waals surface area contributed by atoms with Gasteiger partial charge in [0.25, 0.3) is 0 Å². The van der Waals surface area contributed by atoms with E-state index >= 15 is 0 Å². The molecule has 1 fully saturated rings. The first kappa shape index (κ1) is 13.5. The van der Waals surface area contributed by atoms with Gasteiger partial charge in [0.15, 0.2) is 15.1 Å². The van der Waals surface area contributed by atoms with E-state index < -0.39 is 26.2 Å². The molecule has 6 heteroatoms. The van der Waals surface area contributed by atoms with Crippen molar-refractivity contribution in [2.75, 3.05) is 0 Å². The van der Waals surface area contributed by atoms with Crippen molar-refractivity contribution in [3.8, 4) is 0 Å². The predicted octanol–water partition coefficient (Wildman–Crippen LogP) is 1.94. The number of carbonyl (C=O) groups excluding carboxylic acids is 1. The quantitative estimate of drug-likeness (QED) is 0.915. The lowest BCUT2D eigenvalue weighted by molar-refractivity contribution is -0.117. The van der Waals surface area contributed by atoms with Gasteiger partial charge in [-0.15, -0.1) is 0 Å². The minimum atomic E-state index is -3.52. The lowest BCUT2D eigenvalue weighted by Crippen LogP contribution is -2.38. The largest absolute Gasteiger partial charge is 0.368 e. The highest BCUT2D eigenvalue weighted by molar-refractivity contribution is 9.10. The van der Waals surface area contributed by atoms with Crippen molar-refractivity contribution in [3.05, 3.63) is 34.3 Å². The summed E-state index contributed by atoms with van der Waals surface area (Å²) in [6.45, 7) is 0. The van der Waals surface area contributed by atoms with Crippen LogP contribution in [0.4, 0.5) is 0 Å². The third-order valence-electron chi connectivity index (χ3n) is 3.28. The Bertz CT molecular complexity index is 549. The highest BCUT2D eigenvalue weighted by atomic mass is 79.9. The summed E-state index contributed by atoms with van der Waals surface area (Å²) in [5, 5.41) is -1.64. The van der Waals surface area contributed by atoms with Crippen LogP contribution in [-0.4, -0.2) is 19.6 Å². The van der Waals surface area contributed by atoms with Crippen LogP contribution in [0.5, 0.6) is 0 Å². The van der Waals surface area contributed by atoms with Gasteiger partial charge >= 0.3 is 0 Å². The summed E-state index contributed by atoms with van der Waals surface area (Å²) in [6, 6.07) is 6.66. The highest BCUT2D eigenvalue weighted by Gasteiger charge is 2.41. The van der Waals surface area contributed by atoms with Crippen molar-refractivity contribution in [3.63, 3.8) is 0 Å². The Morgan fingerprint density at radius 1 is 1.28 bits per heavy atom. The Balaban J connectivity index is 2.40. The van der Waals surface area contributed by atoms with Crippen LogP contribution < -0.4 is 5.73 Å². The van der Waals surface area contributed by atoms with Crippen molar-refractivity contribution < 1.29 is 13.2 Å². The van der Waals surface area contributed by atoms with Crippen LogP contribution in [0.1, 0.15) is 30.1 Å². The average Bonchev–Trinajstić information content (AvgIpc) is 2.16. The van der Waals surface area contributed by atoms with Crippen LogP contribution in [0.15, 0.2) is 28.7 Å². The van der Waals surface area contributed by atoms with E-state index in [4.69, 9.17) is 5.73 Å². The van der Waals surface area contributed by atoms with Gasteiger partial charge in [-0.2, -0.15) is 0 Å². The molecule has 0 heterocycles. The molecule has 2 N–H and O–H groups in total. The zero-order valence-corrected chi connectivity index (χ0v) is 12.1. The number of carbonyl (C=O) groups is 1. The molecule has 1 aromatic carbocycles. The van der Waals surface area contributed by atoms with Gasteiger partial charge in [0.1, 0.15) is 0 Å². The van der Waals surface area contributed by atoms with E-state index in [-0.39, 0.29) is 0 Å². The summed E-state index contributed by atoms with van der Waals surface area (Å²) < 4.78 is 25.5. The van der Waals surface area contributed by atoms with Crippen LogP contribution in [-0.2, 0) is 14.6 Å². The monoisotopic (exact) mass is 331 g/mol. The lowest BCUT2D eigenvalue weighted by atomic mass is 10.00. The van der Waals surface area contributed by atoms with E-state index in [0.29, 0.717) is 18.4 Å². The average molecular weight is 332 g/mol. The summed E-state index contributed by atoms with van der Waals surface area (Å²) in [6.07, 6.45) is 2.15. The van der Waals surface area contributed by atoms with Crippen LogP contribution in [0.3, 0.4) is 0 Å². The number of sulfone groups is 1. The van der Waals surface area contributed by atoms with E-state index in [1.54, 1.807) is 24.3 Å². The van der Waals surface area contributed by atoms with E-state index in [1.807, 2.05) is 0 Å². The molecule has 1 atom stereocenters. The second-order valence-electron chi connectivity index (χ2n) is 4.48. The van der Waals surface area contributed by atoms with Gasteiger partial charge < -0.3 is 5.73 Å². The maximum atomic E-state index is 12.3. The Labute approximate surface area is 115 Å². The minimum Gasteiger partial charge on any atom is -0.368 e. The molecule has 1 aliphatic carbocycles. The van der Waals surface area contributed by atoms with Crippen molar-refractivity contribution in [2.24, 2.45) is 5.73 Å². The van der Waals surface area contributed by atoms with Crippen molar-refractivity contribution in [2.45, 2.75) is 29.8 Å². The molecule has 0 aliphatic heterocycles. The maximum Gasteiger partial charge on any atom is 0.240 e. The van der Waals surface area contributed by atoms with Gasteiger partial charge in [-0.1, -0.05) is 34.5 Å². The van der Waals surface area contributed by atoms with Gasteiger partial charge in [-0.05, 0) is 30.5 Å². The summed E-state index contributed by atoms with van der Waals surface area (Å²) in [4.78, 5) is 11.5. The first-order valence-electron chi connectivity index (χ1n) is 5.70. The lowest BCUT2D eigenvalue weighted by Gasteiger charge is -2.28. The fourth-order valence-corrected chi connectivity index (χ4v) is 4.55. The molecular weight excluding hydrogens is 318 g/mol. The number of nitrogens with two attached hydrogens (primary N) is 1. The van der Waals surface area contributed by atoms with Crippen LogP contribution >= 0.6 is 15.9 Å². The Morgan fingerprint density at radius 3 is 2.22 bits per heavy atom. The second kappa shape index (κ2) is 5.01. The molecule has 18 heavy (non-hydrogen) atoms. The third-order valence-corrected chi connectivity index (χ3v) is 6.37. The van der Waals surface area contributed by atoms with Crippen molar-refractivity contribution >= 4 is 31.7 Å². The molecule has 0 aromatic heterocycles. The van der Waals surface area contributed by atoms with Gasteiger partial charge in [-0.3, -0.25) is 4.79 Å². The standard InChI is InChI=1S/C12H14BrNO3S/c13-9-6-4-8(5-7-9)11(12(14)15)18(16,17)10-2-1-3-10/h4-7,10-11H,1-3H2,(H2,14,15). The van der Waals surface area contributed by atoms with Gasteiger partial charge in [0.05, 0.1) is 5.25 Å². The Kier molecular flexibility index (Phi) is 3.77. The molecule has 1 unspecified atom stereocenters. The Hall–Kier alpha value is -0.880. The minimum absolute atomic E-state index is 0.418. The van der Waals surface area contributed by atoms with E-state index in [9.17, 15) is 13.2 Å². The topological polar surface area (TPSA) is 77.2 Å². The molecule has 1 amide bonds. The second-order valence-corrected chi connectivity index (χ2v) is 7.71. The molecule has 1 aliphatic rings. The van der Waals surface area contributed by atoms with Crippen LogP contribution in [0.2, 0.25) is 0 Å². The maximum absolute atomic E-state index is 12.3. The summed E-state index contributed by atoms with van der Waals surface area (Å²) in [5.41, 5.74) is 5.72. The fraction of sp³-hybridized carbons (Fsp3) is 0.417. The fourth-order valence-electron chi connectivity index (χ4n) is 2.05. The number of hydrogen-bond donors (Lipinski definition) is 1. The first-order chi connectivity index (χ1) is 8.43. The van der Waals surface area contributed by atoms with Gasteiger partial charge in [0.2, 0.25) is 5.91 Å². The molecule has 98 valence electrons.